The Morgan fingerprint density at radius 1 is 1.00 bits per heavy atom. The third-order valence-corrected chi connectivity index (χ3v) is 3.30. The maximum Gasteiger partial charge on any atom is 0.240 e. The van der Waals surface area contributed by atoms with Crippen molar-refractivity contribution >= 4 is 11.1 Å². The molecule has 0 saturated heterocycles. The minimum atomic E-state index is -1.52. The highest BCUT2D eigenvalue weighted by molar-refractivity contribution is 7.80. The first-order valence-corrected chi connectivity index (χ1v) is 6.86. The number of hydrogen-bond acceptors (Lipinski definition) is 3. The molecule has 19 heavy (non-hydrogen) atoms. The van der Waals surface area contributed by atoms with Crippen LogP contribution in [-0.2, 0) is 11.1 Å². The van der Waals surface area contributed by atoms with Crippen molar-refractivity contribution in [2.24, 2.45) is 0 Å². The summed E-state index contributed by atoms with van der Waals surface area (Å²) >= 11 is -1.52. The molecule has 0 N–H and O–H groups in total. The van der Waals surface area contributed by atoms with Crippen molar-refractivity contribution in [3.63, 3.8) is 0 Å². The van der Waals surface area contributed by atoms with Crippen LogP contribution in [0.15, 0.2) is 72.1 Å². The Hall–Kier alpha value is -2.07. The summed E-state index contributed by atoms with van der Waals surface area (Å²) < 4.78 is 22.7. The fourth-order valence-corrected chi connectivity index (χ4v) is 2.15. The molecular formula is C15H14O3S. The zero-order valence-electron chi connectivity index (χ0n) is 10.3. The zero-order valence-corrected chi connectivity index (χ0v) is 11.1. The summed E-state index contributed by atoms with van der Waals surface area (Å²) in [6.45, 7) is 4.02. The summed E-state index contributed by atoms with van der Waals surface area (Å²) in [5.41, 5.74) is 0. The first-order valence-electron chi connectivity index (χ1n) is 5.78. The van der Waals surface area contributed by atoms with E-state index >= 15 is 0 Å². The average Bonchev–Trinajstić information content (AvgIpc) is 2.46. The molecule has 2 rings (SSSR count). The largest absolute Gasteiger partial charge is 0.490 e. The molecule has 0 aliphatic rings. The van der Waals surface area contributed by atoms with E-state index in [0.717, 1.165) is 0 Å². The molecule has 2 aromatic carbocycles. The van der Waals surface area contributed by atoms with Gasteiger partial charge in [0, 0.05) is 0 Å². The van der Waals surface area contributed by atoms with Crippen molar-refractivity contribution in [3.8, 4) is 11.5 Å². The van der Waals surface area contributed by atoms with Gasteiger partial charge in [-0.05, 0) is 36.4 Å². The number of rotatable bonds is 6. The van der Waals surface area contributed by atoms with Gasteiger partial charge in [0.15, 0.2) is 0 Å². The molecule has 0 amide bonds. The smallest absolute Gasteiger partial charge is 0.240 e. The first-order chi connectivity index (χ1) is 9.29. The van der Waals surface area contributed by atoms with Crippen molar-refractivity contribution < 1.29 is 13.1 Å². The first kappa shape index (κ1) is 13.4. The standard InChI is InChI=1S/C15H14O3S/c1-2-12-17-13-8-10-15(11-9-13)19(16)18-14-6-4-3-5-7-14/h2-11H,1,12H2. The predicted molar refractivity (Wildman–Crippen MR) is 75.6 cm³/mol. The fourth-order valence-electron chi connectivity index (χ4n) is 1.41. The van der Waals surface area contributed by atoms with Gasteiger partial charge in [0.1, 0.15) is 18.1 Å². The topological polar surface area (TPSA) is 35.5 Å². The molecule has 0 aliphatic heterocycles. The quantitative estimate of drug-likeness (QED) is 0.758. The van der Waals surface area contributed by atoms with E-state index in [0.29, 0.717) is 23.0 Å². The van der Waals surface area contributed by atoms with E-state index < -0.39 is 11.1 Å². The van der Waals surface area contributed by atoms with E-state index in [1.54, 1.807) is 42.5 Å². The highest BCUT2D eigenvalue weighted by atomic mass is 32.2. The predicted octanol–water partition coefficient (Wildman–Crippen LogP) is 3.35. The van der Waals surface area contributed by atoms with Crippen molar-refractivity contribution in [3.05, 3.63) is 67.3 Å². The number of benzene rings is 2. The molecule has 3 nitrogen and oxygen atoms in total. The second-order valence-corrected chi connectivity index (χ2v) is 4.81. The lowest BCUT2D eigenvalue weighted by Gasteiger charge is -2.06. The van der Waals surface area contributed by atoms with Crippen molar-refractivity contribution in [1.29, 1.82) is 0 Å². The van der Waals surface area contributed by atoms with E-state index in [4.69, 9.17) is 8.92 Å². The third-order valence-electron chi connectivity index (χ3n) is 2.30. The Bertz CT molecular complexity index is 549. The van der Waals surface area contributed by atoms with Gasteiger partial charge < -0.3 is 8.92 Å². The van der Waals surface area contributed by atoms with E-state index in [2.05, 4.69) is 6.58 Å². The minimum absolute atomic E-state index is 0.447. The number of ether oxygens (including phenoxy) is 1. The Morgan fingerprint density at radius 2 is 1.68 bits per heavy atom. The normalized spacial score (nSPS) is 11.6. The molecule has 0 aromatic heterocycles. The molecule has 1 unspecified atom stereocenters. The highest BCUT2D eigenvalue weighted by Gasteiger charge is 2.06. The Labute approximate surface area is 115 Å². The highest BCUT2D eigenvalue weighted by Crippen LogP contribution is 2.18. The molecule has 1 atom stereocenters. The lowest BCUT2D eigenvalue weighted by atomic mass is 10.3. The van der Waals surface area contributed by atoms with Crippen LogP contribution in [0, 0.1) is 0 Å². The molecule has 98 valence electrons. The van der Waals surface area contributed by atoms with Crippen LogP contribution in [0.2, 0.25) is 0 Å². The van der Waals surface area contributed by atoms with E-state index in [9.17, 15) is 4.21 Å². The zero-order chi connectivity index (χ0) is 13.5. The van der Waals surface area contributed by atoms with Gasteiger partial charge in [-0.25, -0.2) is 4.21 Å². The SMILES string of the molecule is C=CCOc1ccc(S(=O)Oc2ccccc2)cc1. The van der Waals surface area contributed by atoms with Crippen LogP contribution in [0.1, 0.15) is 0 Å². The summed E-state index contributed by atoms with van der Waals surface area (Å²) in [5.74, 6) is 1.29. The van der Waals surface area contributed by atoms with Crippen molar-refractivity contribution in [2.45, 2.75) is 4.90 Å². The van der Waals surface area contributed by atoms with Gasteiger partial charge in [-0.2, -0.15) is 0 Å². The van der Waals surface area contributed by atoms with Crippen LogP contribution < -0.4 is 8.92 Å². The van der Waals surface area contributed by atoms with Crippen LogP contribution in [-0.4, -0.2) is 10.8 Å². The van der Waals surface area contributed by atoms with Gasteiger partial charge >= 0.3 is 0 Å². The Morgan fingerprint density at radius 3 is 2.32 bits per heavy atom. The van der Waals surface area contributed by atoms with Gasteiger partial charge in [0.25, 0.3) is 0 Å². The summed E-state index contributed by atoms with van der Waals surface area (Å²) in [6.07, 6.45) is 1.67. The average molecular weight is 274 g/mol. The Kier molecular flexibility index (Phi) is 4.75. The van der Waals surface area contributed by atoms with E-state index in [1.807, 2.05) is 18.2 Å². The molecule has 2 aromatic rings. The molecule has 0 bridgehead atoms. The molecule has 0 fully saturated rings. The lowest BCUT2D eigenvalue weighted by molar-refractivity contribution is 0.363. The maximum absolute atomic E-state index is 12.0. The van der Waals surface area contributed by atoms with Gasteiger partial charge in [0.05, 0.1) is 4.90 Å². The fraction of sp³-hybridized carbons (Fsp3) is 0.0667. The van der Waals surface area contributed by atoms with Crippen LogP contribution in [0.25, 0.3) is 0 Å². The summed E-state index contributed by atoms with van der Waals surface area (Å²) in [6, 6.07) is 16.0. The second-order valence-electron chi connectivity index (χ2n) is 3.70. The molecule has 4 heteroatoms. The lowest BCUT2D eigenvalue weighted by Crippen LogP contribution is -2.01. The summed E-state index contributed by atoms with van der Waals surface area (Å²) in [7, 11) is 0. The van der Waals surface area contributed by atoms with Crippen molar-refractivity contribution in [1.82, 2.24) is 0 Å². The third kappa shape index (κ3) is 3.96. The number of para-hydroxylation sites is 1. The molecule has 0 radical (unpaired) electrons. The molecule has 0 aliphatic carbocycles. The van der Waals surface area contributed by atoms with Gasteiger partial charge in [0.2, 0.25) is 11.1 Å². The summed E-state index contributed by atoms with van der Waals surface area (Å²) in [5, 5.41) is 0. The minimum Gasteiger partial charge on any atom is -0.490 e. The monoisotopic (exact) mass is 274 g/mol. The molecule has 0 heterocycles. The van der Waals surface area contributed by atoms with Gasteiger partial charge in [-0.15, -0.1) is 0 Å². The molecular weight excluding hydrogens is 260 g/mol. The molecule has 0 saturated carbocycles. The van der Waals surface area contributed by atoms with Gasteiger partial charge in [-0.3, -0.25) is 0 Å². The van der Waals surface area contributed by atoms with Crippen molar-refractivity contribution in [2.75, 3.05) is 6.61 Å². The van der Waals surface area contributed by atoms with E-state index in [1.165, 1.54) is 0 Å². The second kappa shape index (κ2) is 6.75. The summed E-state index contributed by atoms with van der Waals surface area (Å²) in [4.78, 5) is 0.592. The maximum atomic E-state index is 12.0. The number of hydrogen-bond donors (Lipinski definition) is 0. The van der Waals surface area contributed by atoms with Gasteiger partial charge in [-0.1, -0.05) is 30.9 Å². The molecule has 0 spiro atoms. The van der Waals surface area contributed by atoms with Crippen LogP contribution in [0.5, 0.6) is 11.5 Å². The van der Waals surface area contributed by atoms with Crippen LogP contribution in [0.4, 0.5) is 0 Å². The Balaban J connectivity index is 2.01. The van der Waals surface area contributed by atoms with Crippen LogP contribution in [0.3, 0.4) is 0 Å². The van der Waals surface area contributed by atoms with E-state index in [-0.39, 0.29) is 0 Å². The van der Waals surface area contributed by atoms with Crippen LogP contribution >= 0.6 is 0 Å².